The van der Waals surface area contributed by atoms with Gasteiger partial charge in [-0.3, -0.25) is 0 Å². The van der Waals surface area contributed by atoms with Gasteiger partial charge in [0.2, 0.25) is 0 Å². The van der Waals surface area contributed by atoms with Gasteiger partial charge in [-0.2, -0.15) is 0 Å². The van der Waals surface area contributed by atoms with Crippen LogP contribution in [0.15, 0.2) is 18.2 Å². The van der Waals surface area contributed by atoms with E-state index in [2.05, 4.69) is 26.1 Å². The first-order valence-corrected chi connectivity index (χ1v) is 6.00. The predicted molar refractivity (Wildman–Crippen MR) is 71.0 cm³/mol. The molecule has 0 heterocycles. The first-order valence-electron chi connectivity index (χ1n) is 5.62. The quantitative estimate of drug-likeness (QED) is 0.839. The molecule has 0 aliphatic heterocycles. The molecule has 1 rings (SSSR count). The number of carbonyl (C=O) groups is 1. The molecule has 17 heavy (non-hydrogen) atoms. The van der Waals surface area contributed by atoms with Crippen LogP contribution in [0.25, 0.3) is 0 Å². The number of carboxylic acid groups (broad SMARTS) is 1. The molecular weight excluding hydrogens is 238 g/mol. The van der Waals surface area contributed by atoms with Crippen molar-refractivity contribution in [2.45, 2.75) is 27.2 Å². The molecule has 0 aliphatic carbocycles. The lowest BCUT2D eigenvalue weighted by Gasteiger charge is -2.23. The van der Waals surface area contributed by atoms with E-state index in [0.717, 1.165) is 18.7 Å². The van der Waals surface area contributed by atoms with Crippen LogP contribution in [0.2, 0.25) is 5.02 Å². The molecule has 0 fully saturated rings. The highest BCUT2D eigenvalue weighted by Crippen LogP contribution is 2.24. The minimum absolute atomic E-state index is 0.131. The summed E-state index contributed by atoms with van der Waals surface area (Å²) in [6, 6.07) is 4.91. The number of anilines is 1. The molecule has 4 heteroatoms. The second kappa shape index (κ2) is 5.41. The summed E-state index contributed by atoms with van der Waals surface area (Å²) in [6.07, 6.45) is 1.07. The topological polar surface area (TPSA) is 49.3 Å². The van der Waals surface area contributed by atoms with E-state index in [1.165, 1.54) is 6.07 Å². The molecule has 0 saturated heterocycles. The fraction of sp³-hybridized carbons (Fsp3) is 0.462. The van der Waals surface area contributed by atoms with Gasteiger partial charge in [0.15, 0.2) is 0 Å². The first-order chi connectivity index (χ1) is 7.85. The van der Waals surface area contributed by atoms with Crippen molar-refractivity contribution in [3.8, 4) is 0 Å². The highest BCUT2D eigenvalue weighted by atomic mass is 35.5. The maximum absolute atomic E-state index is 10.8. The maximum atomic E-state index is 10.8. The molecule has 0 radical (unpaired) electrons. The number of carboxylic acids is 1. The number of hydrogen-bond acceptors (Lipinski definition) is 2. The van der Waals surface area contributed by atoms with Crippen LogP contribution >= 0.6 is 11.6 Å². The van der Waals surface area contributed by atoms with Crippen molar-refractivity contribution in [3.05, 3.63) is 28.8 Å². The molecule has 0 atom stereocenters. The Labute approximate surface area is 107 Å². The summed E-state index contributed by atoms with van der Waals surface area (Å²) in [5.41, 5.74) is 1.19. The molecular formula is C13H18ClNO2. The van der Waals surface area contributed by atoms with Crippen molar-refractivity contribution in [3.63, 3.8) is 0 Å². The van der Waals surface area contributed by atoms with E-state index in [1.54, 1.807) is 12.1 Å². The average Bonchev–Trinajstić information content (AvgIpc) is 2.26. The summed E-state index contributed by atoms with van der Waals surface area (Å²) < 4.78 is 0. The summed E-state index contributed by atoms with van der Waals surface area (Å²) in [5, 5.41) is 12.4. The smallest absolute Gasteiger partial charge is 0.337 e. The molecule has 0 aliphatic rings. The lowest BCUT2D eigenvalue weighted by atomic mass is 9.90. The fourth-order valence-corrected chi connectivity index (χ4v) is 1.53. The standard InChI is InChI=1S/C13H18ClNO2/c1-4-13(2,3)8-15-9-5-6-10(12(16)17)11(14)7-9/h5-7,15H,4,8H2,1-3H3,(H,16,17). The third-order valence-corrected chi connectivity index (χ3v) is 3.24. The molecule has 1 aromatic carbocycles. The Morgan fingerprint density at radius 3 is 2.59 bits per heavy atom. The Morgan fingerprint density at radius 2 is 2.12 bits per heavy atom. The second-order valence-electron chi connectivity index (χ2n) is 4.87. The van der Waals surface area contributed by atoms with Gasteiger partial charge in [-0.25, -0.2) is 4.79 Å². The van der Waals surface area contributed by atoms with E-state index in [0.29, 0.717) is 0 Å². The molecule has 0 bridgehead atoms. The number of nitrogens with one attached hydrogen (secondary N) is 1. The summed E-state index contributed by atoms with van der Waals surface area (Å²) in [6.45, 7) is 7.31. The summed E-state index contributed by atoms with van der Waals surface area (Å²) in [5.74, 6) is -1.00. The number of halogens is 1. The molecule has 0 spiro atoms. The van der Waals surface area contributed by atoms with Crippen LogP contribution in [0.5, 0.6) is 0 Å². The van der Waals surface area contributed by atoms with Crippen LogP contribution in [0.3, 0.4) is 0 Å². The third-order valence-electron chi connectivity index (χ3n) is 2.93. The Hall–Kier alpha value is -1.22. The largest absolute Gasteiger partial charge is 0.478 e. The molecule has 1 aromatic rings. The normalized spacial score (nSPS) is 11.3. The minimum Gasteiger partial charge on any atom is -0.478 e. The van der Waals surface area contributed by atoms with Gasteiger partial charge < -0.3 is 10.4 Å². The highest BCUT2D eigenvalue weighted by molar-refractivity contribution is 6.33. The lowest BCUT2D eigenvalue weighted by Crippen LogP contribution is -2.22. The molecule has 0 saturated carbocycles. The van der Waals surface area contributed by atoms with E-state index in [-0.39, 0.29) is 16.0 Å². The maximum Gasteiger partial charge on any atom is 0.337 e. The van der Waals surface area contributed by atoms with Gasteiger partial charge in [0.05, 0.1) is 10.6 Å². The van der Waals surface area contributed by atoms with Gasteiger partial charge in [-0.15, -0.1) is 0 Å². The molecule has 2 N–H and O–H groups in total. The number of rotatable bonds is 5. The van der Waals surface area contributed by atoms with Crippen molar-refractivity contribution < 1.29 is 9.90 Å². The molecule has 3 nitrogen and oxygen atoms in total. The molecule has 0 amide bonds. The van der Waals surface area contributed by atoms with E-state index in [1.807, 2.05) is 0 Å². The Bertz CT molecular complexity index is 416. The number of aromatic carboxylic acids is 1. The third kappa shape index (κ3) is 3.93. The lowest BCUT2D eigenvalue weighted by molar-refractivity contribution is 0.0697. The van der Waals surface area contributed by atoms with Crippen LogP contribution in [0, 0.1) is 5.41 Å². The Kier molecular flexibility index (Phi) is 4.40. The van der Waals surface area contributed by atoms with E-state index in [4.69, 9.17) is 16.7 Å². The minimum atomic E-state index is -1.00. The van der Waals surface area contributed by atoms with Crippen molar-refractivity contribution in [1.82, 2.24) is 0 Å². The zero-order valence-corrected chi connectivity index (χ0v) is 11.1. The molecule has 0 aromatic heterocycles. The van der Waals surface area contributed by atoms with Gasteiger partial charge in [0.25, 0.3) is 0 Å². The van der Waals surface area contributed by atoms with Crippen LogP contribution < -0.4 is 5.32 Å². The zero-order chi connectivity index (χ0) is 13.1. The number of hydrogen-bond donors (Lipinski definition) is 2. The zero-order valence-electron chi connectivity index (χ0n) is 10.4. The van der Waals surface area contributed by atoms with Gasteiger partial charge in [-0.05, 0) is 30.0 Å². The SMILES string of the molecule is CCC(C)(C)CNc1ccc(C(=O)O)c(Cl)c1. The van der Waals surface area contributed by atoms with Crippen LogP contribution in [-0.2, 0) is 0 Å². The molecule has 0 unspecified atom stereocenters. The van der Waals surface area contributed by atoms with E-state index < -0.39 is 5.97 Å². The fourth-order valence-electron chi connectivity index (χ4n) is 1.26. The van der Waals surface area contributed by atoms with E-state index >= 15 is 0 Å². The van der Waals surface area contributed by atoms with Crippen molar-refractivity contribution in [1.29, 1.82) is 0 Å². The van der Waals surface area contributed by atoms with Gasteiger partial charge >= 0.3 is 5.97 Å². The first kappa shape index (κ1) is 13.8. The summed E-state index contributed by atoms with van der Waals surface area (Å²) >= 11 is 5.89. The van der Waals surface area contributed by atoms with E-state index in [9.17, 15) is 4.79 Å². The second-order valence-corrected chi connectivity index (χ2v) is 5.28. The van der Waals surface area contributed by atoms with Crippen LogP contribution in [0.1, 0.15) is 37.6 Å². The summed E-state index contributed by atoms with van der Waals surface area (Å²) in [4.78, 5) is 10.8. The average molecular weight is 256 g/mol. The van der Waals surface area contributed by atoms with Gasteiger partial charge in [-0.1, -0.05) is 32.4 Å². The summed E-state index contributed by atoms with van der Waals surface area (Å²) in [7, 11) is 0. The van der Waals surface area contributed by atoms with Crippen LogP contribution in [0.4, 0.5) is 5.69 Å². The monoisotopic (exact) mass is 255 g/mol. The Balaban J connectivity index is 2.75. The Morgan fingerprint density at radius 1 is 1.47 bits per heavy atom. The van der Waals surface area contributed by atoms with Crippen LogP contribution in [-0.4, -0.2) is 17.6 Å². The van der Waals surface area contributed by atoms with Gasteiger partial charge in [0.1, 0.15) is 0 Å². The van der Waals surface area contributed by atoms with Crippen molar-refractivity contribution in [2.75, 3.05) is 11.9 Å². The predicted octanol–water partition coefficient (Wildman–Crippen LogP) is 3.89. The van der Waals surface area contributed by atoms with Crippen molar-refractivity contribution in [2.24, 2.45) is 5.41 Å². The van der Waals surface area contributed by atoms with Crippen molar-refractivity contribution >= 4 is 23.3 Å². The number of benzene rings is 1. The highest BCUT2D eigenvalue weighted by Gasteiger charge is 2.15. The van der Waals surface area contributed by atoms with Gasteiger partial charge in [0, 0.05) is 12.2 Å². The molecule has 94 valence electrons.